The van der Waals surface area contributed by atoms with E-state index in [4.69, 9.17) is 0 Å². The van der Waals surface area contributed by atoms with Gasteiger partial charge in [-0.1, -0.05) is 81.0 Å². The van der Waals surface area contributed by atoms with E-state index < -0.39 is 34.1 Å². The lowest BCUT2D eigenvalue weighted by Crippen LogP contribution is -2.56. The number of benzene rings is 3. The zero-order chi connectivity index (χ0) is 32.9. The monoisotopic (exact) mass is 672 g/mol. The van der Waals surface area contributed by atoms with Crippen molar-refractivity contribution in [1.29, 1.82) is 0 Å². The normalized spacial score (nSPS) is 17.5. The van der Waals surface area contributed by atoms with Gasteiger partial charge < -0.3 is 4.55 Å². The van der Waals surface area contributed by atoms with Gasteiger partial charge in [0.25, 0.3) is 0 Å². The molecule has 3 aromatic rings. The largest absolute Gasteiger partial charge is 0.743 e. The fourth-order valence-corrected chi connectivity index (χ4v) is 8.56. The first-order valence-corrected chi connectivity index (χ1v) is 17.8. The molecule has 5 rings (SSSR count). The van der Waals surface area contributed by atoms with Crippen molar-refractivity contribution in [2.45, 2.75) is 115 Å². The van der Waals surface area contributed by atoms with Gasteiger partial charge in [-0.05, 0) is 85.0 Å². The Kier molecular flexibility index (Phi) is 11.4. The average Bonchev–Trinajstić information content (AvgIpc) is 3.02. The summed E-state index contributed by atoms with van der Waals surface area (Å²) in [4.78, 5) is 4.30. The Morgan fingerprint density at radius 1 is 0.600 bits per heavy atom. The van der Waals surface area contributed by atoms with Crippen LogP contribution in [-0.2, 0) is 21.0 Å². The Balaban J connectivity index is 0.000000280. The van der Waals surface area contributed by atoms with Crippen LogP contribution in [0.15, 0.2) is 93.5 Å². The molecule has 0 amide bonds. The zero-order valence-corrected chi connectivity index (χ0v) is 26.7. The SMILES string of the molecule is CC(F)(F)C(F)(F)C(F)(F)S(=O)(=O)[O-].c1ccc([S+](c2ccc(C3CCCCC3)cc2)c2ccc(C3CCCCC3)cc2)cc1. The highest BCUT2D eigenvalue weighted by Crippen LogP contribution is 2.47. The molecule has 45 heavy (non-hydrogen) atoms. The van der Waals surface area contributed by atoms with E-state index in [2.05, 4.69) is 78.9 Å². The lowest BCUT2D eigenvalue weighted by atomic mass is 9.84. The Hall–Kier alpha value is -2.50. The van der Waals surface area contributed by atoms with Crippen LogP contribution >= 0.6 is 0 Å². The third-order valence-corrected chi connectivity index (χ3v) is 11.7. The molecule has 3 nitrogen and oxygen atoms in total. The second-order valence-electron chi connectivity index (χ2n) is 11.9. The first-order valence-electron chi connectivity index (χ1n) is 15.2. The van der Waals surface area contributed by atoms with Crippen LogP contribution in [0.5, 0.6) is 0 Å². The molecule has 0 heterocycles. The molecule has 2 fully saturated rings. The fourth-order valence-electron chi connectivity index (χ4n) is 6.00. The second kappa shape index (κ2) is 14.5. The van der Waals surface area contributed by atoms with E-state index in [1.165, 1.54) is 78.9 Å². The van der Waals surface area contributed by atoms with Gasteiger partial charge in [-0.3, -0.25) is 0 Å². The summed E-state index contributed by atoms with van der Waals surface area (Å²) < 4.78 is 101. The van der Waals surface area contributed by atoms with Crippen LogP contribution in [-0.4, -0.2) is 30.1 Å². The second-order valence-corrected chi connectivity index (χ2v) is 15.3. The maximum absolute atomic E-state index is 12.1. The number of rotatable bonds is 8. The Bertz CT molecular complexity index is 1400. The molecule has 0 bridgehead atoms. The van der Waals surface area contributed by atoms with Gasteiger partial charge in [0.2, 0.25) is 0 Å². The lowest BCUT2D eigenvalue weighted by Gasteiger charge is -2.31. The fraction of sp³-hybridized carbons (Fsp3) is 0.471. The van der Waals surface area contributed by atoms with Crippen molar-refractivity contribution >= 4 is 21.0 Å². The van der Waals surface area contributed by atoms with E-state index in [9.17, 15) is 39.3 Å². The minimum absolute atomic E-state index is 0.0410. The number of halogens is 6. The lowest BCUT2D eigenvalue weighted by molar-refractivity contribution is -0.273. The Morgan fingerprint density at radius 3 is 1.27 bits per heavy atom. The summed E-state index contributed by atoms with van der Waals surface area (Å²) >= 11 is 0. The molecule has 246 valence electrons. The van der Waals surface area contributed by atoms with Crippen molar-refractivity contribution in [3.63, 3.8) is 0 Å². The summed E-state index contributed by atoms with van der Waals surface area (Å²) in [7, 11) is -6.90. The third-order valence-electron chi connectivity index (χ3n) is 8.59. The number of hydrogen-bond donors (Lipinski definition) is 0. The molecule has 0 aromatic heterocycles. The summed E-state index contributed by atoms with van der Waals surface area (Å²) in [6.07, 6.45) is 13.9. The minimum atomic E-state index is -6.86. The van der Waals surface area contributed by atoms with E-state index in [-0.39, 0.29) is 10.9 Å². The van der Waals surface area contributed by atoms with Crippen molar-refractivity contribution < 1.29 is 39.3 Å². The third kappa shape index (κ3) is 8.27. The van der Waals surface area contributed by atoms with Gasteiger partial charge >= 0.3 is 17.1 Å². The standard InChI is InChI=1S/C30H35S.C4H4F6O3S/c1-4-10-24(11-5-1)26-16-20-29(21-17-26)31(28-14-8-3-9-15-28)30-22-18-27(19-23-30)25-12-6-2-7-13-25;1-2(5,6)3(7,8)4(9,10)14(11,12)13/h3,8-9,14-25H,1-2,4-7,10-13H2;1H3,(H,11,12,13)/q+1;/p-1. The average molecular weight is 673 g/mol. The number of hydrogen-bond acceptors (Lipinski definition) is 3. The molecular weight excluding hydrogens is 634 g/mol. The van der Waals surface area contributed by atoms with Gasteiger partial charge in [-0.15, -0.1) is 0 Å². The van der Waals surface area contributed by atoms with Gasteiger partial charge in [-0.2, -0.15) is 26.3 Å². The molecule has 2 aliphatic rings. The molecular formula is C34H38F6O3S2. The van der Waals surface area contributed by atoms with Gasteiger partial charge in [0.1, 0.15) is 0 Å². The molecule has 0 spiro atoms. The van der Waals surface area contributed by atoms with E-state index >= 15 is 0 Å². The van der Waals surface area contributed by atoms with Crippen LogP contribution in [0.2, 0.25) is 0 Å². The topological polar surface area (TPSA) is 57.2 Å². The summed E-state index contributed by atoms with van der Waals surface area (Å²) in [5.74, 6) is -10.0. The maximum Gasteiger partial charge on any atom is 0.402 e. The molecule has 0 atom stereocenters. The van der Waals surface area contributed by atoms with Gasteiger partial charge in [0.05, 0.1) is 10.9 Å². The Morgan fingerprint density at radius 2 is 0.956 bits per heavy atom. The van der Waals surface area contributed by atoms with E-state index in [0.717, 1.165) is 11.8 Å². The molecule has 0 saturated heterocycles. The van der Waals surface area contributed by atoms with E-state index in [1.54, 1.807) is 11.1 Å². The van der Waals surface area contributed by atoms with Crippen LogP contribution in [0.25, 0.3) is 0 Å². The minimum Gasteiger partial charge on any atom is -0.743 e. The maximum atomic E-state index is 12.1. The van der Waals surface area contributed by atoms with Crippen molar-refractivity contribution in [2.24, 2.45) is 0 Å². The summed E-state index contributed by atoms with van der Waals surface area (Å²) in [5.41, 5.74) is 3.10. The van der Waals surface area contributed by atoms with Gasteiger partial charge in [0, 0.05) is 6.92 Å². The zero-order valence-electron chi connectivity index (χ0n) is 25.0. The highest BCUT2D eigenvalue weighted by Gasteiger charge is 2.72. The highest BCUT2D eigenvalue weighted by molar-refractivity contribution is 7.97. The van der Waals surface area contributed by atoms with Crippen molar-refractivity contribution in [3.05, 3.63) is 90.0 Å². The number of alkyl halides is 6. The smallest absolute Gasteiger partial charge is 0.402 e. The highest BCUT2D eigenvalue weighted by atomic mass is 32.2. The molecule has 11 heteroatoms. The molecule has 2 saturated carbocycles. The van der Waals surface area contributed by atoms with Gasteiger partial charge in [0.15, 0.2) is 24.8 Å². The van der Waals surface area contributed by atoms with E-state index in [0.29, 0.717) is 0 Å². The summed E-state index contributed by atoms with van der Waals surface area (Å²) in [5, 5.41) is -6.35. The molecule has 2 aliphatic carbocycles. The predicted octanol–water partition coefficient (Wildman–Crippen LogP) is 10.3. The van der Waals surface area contributed by atoms with Gasteiger partial charge in [-0.25, -0.2) is 8.42 Å². The van der Waals surface area contributed by atoms with Crippen molar-refractivity contribution in [2.75, 3.05) is 0 Å². The molecule has 0 radical (unpaired) electrons. The van der Waals surface area contributed by atoms with Crippen LogP contribution in [0, 0.1) is 0 Å². The summed E-state index contributed by atoms with van der Waals surface area (Å²) in [6.45, 7) is -0.619. The predicted molar refractivity (Wildman–Crippen MR) is 163 cm³/mol. The quantitative estimate of drug-likeness (QED) is 0.136. The summed E-state index contributed by atoms with van der Waals surface area (Å²) in [6, 6.07) is 30.4. The first kappa shape index (κ1) is 35.4. The molecule has 3 aromatic carbocycles. The molecule has 0 N–H and O–H groups in total. The van der Waals surface area contributed by atoms with Crippen molar-refractivity contribution in [1.82, 2.24) is 0 Å². The van der Waals surface area contributed by atoms with E-state index in [1.807, 2.05) is 0 Å². The van der Waals surface area contributed by atoms with Crippen LogP contribution in [0.4, 0.5) is 26.3 Å². The van der Waals surface area contributed by atoms with Crippen LogP contribution in [0.3, 0.4) is 0 Å². The Labute approximate surface area is 264 Å². The molecule has 0 unspecified atom stereocenters. The molecule has 0 aliphatic heterocycles. The van der Waals surface area contributed by atoms with Crippen LogP contribution in [0.1, 0.15) is 94.1 Å². The first-order chi connectivity index (χ1) is 21.1. The van der Waals surface area contributed by atoms with Crippen molar-refractivity contribution in [3.8, 4) is 0 Å². The van der Waals surface area contributed by atoms with Crippen LogP contribution < -0.4 is 0 Å².